The lowest BCUT2D eigenvalue weighted by molar-refractivity contribution is 0.414. The van der Waals surface area contributed by atoms with E-state index in [1.807, 2.05) is 54.5 Å². The molecule has 0 bridgehead atoms. The molecule has 0 radical (unpaired) electrons. The molecule has 5 nitrogen and oxygen atoms in total. The fraction of sp³-hybridized carbons (Fsp3) is 0.200. The number of benzene rings is 1. The van der Waals surface area contributed by atoms with Gasteiger partial charge in [0.25, 0.3) is 0 Å². The van der Waals surface area contributed by atoms with Crippen molar-refractivity contribution in [1.82, 2.24) is 19.1 Å². The zero-order valence-corrected chi connectivity index (χ0v) is 11.5. The predicted molar refractivity (Wildman–Crippen MR) is 76.2 cm³/mol. The molecule has 0 saturated heterocycles. The molecule has 0 N–H and O–H groups in total. The molecule has 3 aromatic rings. The molecule has 0 amide bonds. The summed E-state index contributed by atoms with van der Waals surface area (Å²) in [6, 6.07) is 7.90. The lowest BCUT2D eigenvalue weighted by Crippen LogP contribution is -2.00. The van der Waals surface area contributed by atoms with Gasteiger partial charge in [0.1, 0.15) is 11.6 Å². The Kier molecular flexibility index (Phi) is 3.25. The van der Waals surface area contributed by atoms with Gasteiger partial charge in [-0.15, -0.1) is 0 Å². The van der Waals surface area contributed by atoms with Gasteiger partial charge < -0.3 is 13.9 Å². The van der Waals surface area contributed by atoms with Crippen molar-refractivity contribution in [3.63, 3.8) is 0 Å². The SMILES string of the molecule is COc1cccc(-n2cnc(Cn3ccnc3C)c2)c1. The van der Waals surface area contributed by atoms with Crippen LogP contribution in [0.4, 0.5) is 0 Å². The van der Waals surface area contributed by atoms with Gasteiger partial charge in [-0.05, 0) is 19.1 Å². The summed E-state index contributed by atoms with van der Waals surface area (Å²) in [7, 11) is 1.67. The highest BCUT2D eigenvalue weighted by Gasteiger charge is 2.04. The van der Waals surface area contributed by atoms with E-state index in [1.54, 1.807) is 13.3 Å². The first-order valence-electron chi connectivity index (χ1n) is 6.41. The van der Waals surface area contributed by atoms with Crippen LogP contribution < -0.4 is 4.74 Å². The minimum absolute atomic E-state index is 0.725. The second-order valence-electron chi connectivity index (χ2n) is 4.58. The summed E-state index contributed by atoms with van der Waals surface area (Å²) in [5.41, 5.74) is 2.03. The van der Waals surface area contributed by atoms with Crippen LogP contribution in [0, 0.1) is 6.92 Å². The Hall–Kier alpha value is -2.56. The summed E-state index contributed by atoms with van der Waals surface area (Å²) in [6.45, 7) is 2.71. The Morgan fingerprint density at radius 3 is 2.90 bits per heavy atom. The zero-order valence-electron chi connectivity index (χ0n) is 11.5. The van der Waals surface area contributed by atoms with E-state index in [9.17, 15) is 0 Å². The quantitative estimate of drug-likeness (QED) is 0.730. The van der Waals surface area contributed by atoms with Gasteiger partial charge in [0.05, 0.1) is 31.4 Å². The van der Waals surface area contributed by atoms with Crippen molar-refractivity contribution in [2.45, 2.75) is 13.5 Å². The number of hydrogen-bond donors (Lipinski definition) is 0. The van der Waals surface area contributed by atoms with Crippen molar-refractivity contribution in [2.24, 2.45) is 0 Å². The molecule has 2 heterocycles. The van der Waals surface area contributed by atoms with Gasteiger partial charge in [0.2, 0.25) is 0 Å². The lowest BCUT2D eigenvalue weighted by atomic mass is 10.3. The molecule has 0 fully saturated rings. The summed E-state index contributed by atoms with van der Waals surface area (Å²) in [4.78, 5) is 8.65. The van der Waals surface area contributed by atoms with E-state index < -0.39 is 0 Å². The van der Waals surface area contributed by atoms with E-state index in [0.717, 1.165) is 29.5 Å². The standard InChI is InChI=1S/C15H16N4O/c1-12-16-6-7-18(12)9-13-10-19(11-17-13)14-4-3-5-15(8-14)20-2/h3-8,10-11H,9H2,1-2H3. The van der Waals surface area contributed by atoms with Crippen molar-refractivity contribution in [3.8, 4) is 11.4 Å². The fourth-order valence-electron chi connectivity index (χ4n) is 2.10. The van der Waals surface area contributed by atoms with Gasteiger partial charge in [0.15, 0.2) is 0 Å². The molecular weight excluding hydrogens is 252 g/mol. The van der Waals surface area contributed by atoms with Gasteiger partial charge in [-0.3, -0.25) is 0 Å². The fourth-order valence-corrected chi connectivity index (χ4v) is 2.10. The normalized spacial score (nSPS) is 10.7. The number of aryl methyl sites for hydroxylation is 1. The largest absolute Gasteiger partial charge is 0.497 e. The number of aromatic nitrogens is 4. The molecule has 2 aromatic heterocycles. The maximum absolute atomic E-state index is 5.24. The van der Waals surface area contributed by atoms with Crippen molar-refractivity contribution in [3.05, 3.63) is 60.7 Å². The van der Waals surface area contributed by atoms with Crippen LogP contribution >= 0.6 is 0 Å². The van der Waals surface area contributed by atoms with E-state index >= 15 is 0 Å². The van der Waals surface area contributed by atoms with Gasteiger partial charge in [0, 0.05) is 24.7 Å². The Bertz CT molecular complexity index is 714. The minimum atomic E-state index is 0.725. The lowest BCUT2D eigenvalue weighted by Gasteiger charge is -2.04. The van der Waals surface area contributed by atoms with Crippen molar-refractivity contribution in [1.29, 1.82) is 0 Å². The molecular formula is C15H16N4O. The van der Waals surface area contributed by atoms with Crippen molar-refractivity contribution < 1.29 is 4.74 Å². The smallest absolute Gasteiger partial charge is 0.120 e. The second-order valence-corrected chi connectivity index (χ2v) is 4.58. The van der Waals surface area contributed by atoms with Gasteiger partial charge >= 0.3 is 0 Å². The molecule has 0 aliphatic rings. The number of methoxy groups -OCH3 is 1. The molecule has 0 spiro atoms. The molecule has 0 aliphatic heterocycles. The summed E-state index contributed by atoms with van der Waals surface area (Å²) in [5, 5.41) is 0. The Balaban J connectivity index is 1.84. The minimum Gasteiger partial charge on any atom is -0.497 e. The zero-order chi connectivity index (χ0) is 13.9. The predicted octanol–water partition coefficient (Wildman–Crippen LogP) is 2.43. The van der Waals surface area contributed by atoms with Crippen LogP contribution in [0.5, 0.6) is 5.75 Å². The number of rotatable bonds is 4. The van der Waals surface area contributed by atoms with Crippen LogP contribution in [-0.4, -0.2) is 26.2 Å². The molecule has 1 aromatic carbocycles. The summed E-state index contributed by atoms with van der Waals surface area (Å²) in [5.74, 6) is 1.82. The molecule has 3 rings (SSSR count). The van der Waals surface area contributed by atoms with E-state index in [2.05, 4.69) is 14.5 Å². The van der Waals surface area contributed by atoms with Gasteiger partial charge in [-0.1, -0.05) is 6.07 Å². The second kappa shape index (κ2) is 5.21. The summed E-state index contributed by atoms with van der Waals surface area (Å²) < 4.78 is 9.30. The molecule has 20 heavy (non-hydrogen) atoms. The van der Waals surface area contributed by atoms with Gasteiger partial charge in [-0.2, -0.15) is 0 Å². The van der Waals surface area contributed by atoms with E-state index in [0.29, 0.717) is 0 Å². The van der Waals surface area contributed by atoms with Crippen LogP contribution in [-0.2, 0) is 6.54 Å². The van der Waals surface area contributed by atoms with E-state index in [1.165, 1.54) is 0 Å². The molecule has 5 heteroatoms. The maximum Gasteiger partial charge on any atom is 0.120 e. The van der Waals surface area contributed by atoms with Crippen LogP contribution in [0.15, 0.2) is 49.2 Å². The topological polar surface area (TPSA) is 44.9 Å². The van der Waals surface area contributed by atoms with Crippen LogP contribution in [0.25, 0.3) is 5.69 Å². The molecule has 0 unspecified atom stereocenters. The number of hydrogen-bond acceptors (Lipinski definition) is 3. The first-order valence-corrected chi connectivity index (χ1v) is 6.41. The van der Waals surface area contributed by atoms with Crippen molar-refractivity contribution in [2.75, 3.05) is 7.11 Å². The molecule has 0 aliphatic carbocycles. The average molecular weight is 268 g/mol. The molecule has 102 valence electrons. The highest BCUT2D eigenvalue weighted by Crippen LogP contribution is 2.16. The van der Waals surface area contributed by atoms with Crippen LogP contribution in [0.1, 0.15) is 11.5 Å². The van der Waals surface area contributed by atoms with Crippen LogP contribution in [0.3, 0.4) is 0 Å². The third-order valence-electron chi connectivity index (χ3n) is 3.24. The van der Waals surface area contributed by atoms with Crippen molar-refractivity contribution >= 4 is 0 Å². The van der Waals surface area contributed by atoms with E-state index in [4.69, 9.17) is 4.74 Å². The highest BCUT2D eigenvalue weighted by atomic mass is 16.5. The highest BCUT2D eigenvalue weighted by molar-refractivity contribution is 5.39. The Labute approximate surface area is 117 Å². The average Bonchev–Trinajstić information content (AvgIpc) is 3.10. The van der Waals surface area contributed by atoms with Crippen LogP contribution in [0.2, 0.25) is 0 Å². The summed E-state index contributed by atoms with van der Waals surface area (Å²) in [6.07, 6.45) is 7.60. The van der Waals surface area contributed by atoms with E-state index in [-0.39, 0.29) is 0 Å². The number of ether oxygens (including phenoxy) is 1. The third kappa shape index (κ3) is 2.42. The summed E-state index contributed by atoms with van der Waals surface area (Å²) >= 11 is 0. The monoisotopic (exact) mass is 268 g/mol. The number of nitrogens with zero attached hydrogens (tertiary/aromatic N) is 4. The maximum atomic E-state index is 5.24. The molecule has 0 saturated carbocycles. The third-order valence-corrected chi connectivity index (χ3v) is 3.24. The Morgan fingerprint density at radius 1 is 1.25 bits per heavy atom. The Morgan fingerprint density at radius 2 is 2.15 bits per heavy atom. The number of imidazole rings is 2. The first kappa shape index (κ1) is 12.5. The molecule has 0 atom stereocenters. The van der Waals surface area contributed by atoms with Gasteiger partial charge in [-0.25, -0.2) is 9.97 Å². The first-order chi connectivity index (χ1) is 9.76.